The number of hydrogen-bond donors (Lipinski definition) is 0. The van der Waals surface area contributed by atoms with Crippen molar-refractivity contribution in [3.05, 3.63) is 70.8 Å². The van der Waals surface area contributed by atoms with Crippen LogP contribution < -0.4 is 4.90 Å². The highest BCUT2D eigenvalue weighted by atomic mass is 16.5. The fourth-order valence-corrected chi connectivity index (χ4v) is 3.61. The molecule has 1 aliphatic carbocycles. The minimum absolute atomic E-state index is 0.0759. The maximum atomic E-state index is 12.4. The van der Waals surface area contributed by atoms with Gasteiger partial charge < -0.3 is 9.64 Å². The summed E-state index contributed by atoms with van der Waals surface area (Å²) in [7, 11) is 0. The van der Waals surface area contributed by atoms with Crippen LogP contribution in [0.4, 0.5) is 5.69 Å². The molecular formula is C22H23NO2. The van der Waals surface area contributed by atoms with Crippen molar-refractivity contribution in [2.24, 2.45) is 0 Å². The van der Waals surface area contributed by atoms with Gasteiger partial charge in [-0.15, -0.1) is 0 Å². The lowest BCUT2D eigenvalue weighted by Crippen LogP contribution is -2.36. The number of nitrogens with zero attached hydrogens (tertiary/aromatic N) is 1. The molecule has 2 aromatic carbocycles. The SMILES string of the molecule is O=C(/C=C/c1ccc(N2CCOCC2)cc1)c1ccc2c(c1)CCC2. The Kier molecular flexibility index (Phi) is 4.66. The van der Waals surface area contributed by atoms with Crippen LogP contribution in [-0.4, -0.2) is 32.1 Å². The van der Waals surface area contributed by atoms with E-state index in [0.29, 0.717) is 0 Å². The number of fused-ring (bicyclic) bond motifs is 1. The monoisotopic (exact) mass is 333 g/mol. The standard InChI is InChI=1S/C22H23NO2/c24-22(20-8-7-18-2-1-3-19(18)16-20)11-6-17-4-9-21(10-5-17)23-12-14-25-15-13-23/h4-11,16H,1-3,12-15H2/b11-6+. The van der Waals surface area contributed by atoms with Crippen molar-refractivity contribution in [1.82, 2.24) is 0 Å². The van der Waals surface area contributed by atoms with Crippen LogP contribution in [0.1, 0.15) is 33.5 Å². The maximum Gasteiger partial charge on any atom is 0.185 e. The quantitative estimate of drug-likeness (QED) is 0.628. The van der Waals surface area contributed by atoms with E-state index in [9.17, 15) is 4.79 Å². The second kappa shape index (κ2) is 7.24. The van der Waals surface area contributed by atoms with Gasteiger partial charge in [-0.05, 0) is 60.2 Å². The minimum atomic E-state index is 0.0759. The summed E-state index contributed by atoms with van der Waals surface area (Å²) in [6, 6.07) is 14.5. The third kappa shape index (κ3) is 3.67. The van der Waals surface area contributed by atoms with Crippen molar-refractivity contribution in [3.63, 3.8) is 0 Å². The van der Waals surface area contributed by atoms with Gasteiger partial charge in [0, 0.05) is 24.3 Å². The number of ether oxygens (including phenoxy) is 1. The summed E-state index contributed by atoms with van der Waals surface area (Å²) < 4.78 is 5.39. The Labute approximate surface area is 148 Å². The number of aryl methyl sites for hydroxylation is 2. The average molecular weight is 333 g/mol. The van der Waals surface area contributed by atoms with Gasteiger partial charge in [-0.2, -0.15) is 0 Å². The van der Waals surface area contributed by atoms with Gasteiger partial charge in [0.1, 0.15) is 0 Å². The lowest BCUT2D eigenvalue weighted by atomic mass is 10.0. The van der Waals surface area contributed by atoms with Gasteiger partial charge in [0.05, 0.1) is 13.2 Å². The van der Waals surface area contributed by atoms with E-state index >= 15 is 0 Å². The van der Waals surface area contributed by atoms with Gasteiger partial charge >= 0.3 is 0 Å². The first-order valence-corrected chi connectivity index (χ1v) is 9.06. The number of hydrogen-bond acceptors (Lipinski definition) is 3. The lowest BCUT2D eigenvalue weighted by molar-refractivity contribution is 0.104. The Morgan fingerprint density at radius 1 is 0.960 bits per heavy atom. The Hall–Kier alpha value is -2.39. The van der Waals surface area contributed by atoms with Crippen LogP contribution in [0.3, 0.4) is 0 Å². The Balaban J connectivity index is 1.43. The first kappa shape index (κ1) is 16.1. The van der Waals surface area contributed by atoms with E-state index in [4.69, 9.17) is 4.74 Å². The molecule has 4 rings (SSSR count). The molecule has 2 aromatic rings. The van der Waals surface area contributed by atoms with E-state index in [-0.39, 0.29) is 5.78 Å². The average Bonchev–Trinajstić information content (AvgIpc) is 3.15. The molecule has 3 heteroatoms. The van der Waals surface area contributed by atoms with E-state index < -0.39 is 0 Å². The zero-order valence-corrected chi connectivity index (χ0v) is 14.4. The number of carbonyl (C=O) groups excluding carboxylic acids is 1. The molecule has 128 valence electrons. The zero-order chi connectivity index (χ0) is 17.1. The lowest BCUT2D eigenvalue weighted by Gasteiger charge is -2.28. The molecule has 1 saturated heterocycles. The van der Waals surface area contributed by atoms with Crippen LogP contribution in [0.15, 0.2) is 48.5 Å². The number of carbonyl (C=O) groups is 1. The van der Waals surface area contributed by atoms with Gasteiger partial charge in [0.15, 0.2) is 5.78 Å². The topological polar surface area (TPSA) is 29.5 Å². The first-order chi connectivity index (χ1) is 12.3. The summed E-state index contributed by atoms with van der Waals surface area (Å²) in [5.74, 6) is 0.0759. The molecule has 0 N–H and O–H groups in total. The Bertz CT molecular complexity index is 786. The highest BCUT2D eigenvalue weighted by molar-refractivity contribution is 6.07. The van der Waals surface area contributed by atoms with Crippen molar-refractivity contribution in [2.45, 2.75) is 19.3 Å². The van der Waals surface area contributed by atoms with E-state index in [1.165, 1.54) is 23.2 Å². The van der Waals surface area contributed by atoms with Gasteiger partial charge in [0.25, 0.3) is 0 Å². The fourth-order valence-electron chi connectivity index (χ4n) is 3.61. The summed E-state index contributed by atoms with van der Waals surface area (Å²) in [5.41, 5.74) is 5.80. The molecule has 25 heavy (non-hydrogen) atoms. The van der Waals surface area contributed by atoms with Crippen molar-refractivity contribution < 1.29 is 9.53 Å². The predicted octanol–water partition coefficient (Wildman–Crippen LogP) is 3.91. The van der Waals surface area contributed by atoms with Crippen LogP contribution in [0, 0.1) is 0 Å². The van der Waals surface area contributed by atoms with Gasteiger partial charge in [-0.25, -0.2) is 0 Å². The Morgan fingerprint density at radius 2 is 1.72 bits per heavy atom. The van der Waals surface area contributed by atoms with Crippen LogP contribution in [0.2, 0.25) is 0 Å². The molecule has 0 radical (unpaired) electrons. The first-order valence-electron chi connectivity index (χ1n) is 9.06. The predicted molar refractivity (Wildman–Crippen MR) is 101 cm³/mol. The molecule has 3 nitrogen and oxygen atoms in total. The molecule has 1 aliphatic heterocycles. The number of benzene rings is 2. The third-order valence-corrected chi connectivity index (χ3v) is 5.08. The Morgan fingerprint density at radius 3 is 2.52 bits per heavy atom. The summed E-state index contributed by atoms with van der Waals surface area (Å²) >= 11 is 0. The van der Waals surface area contributed by atoms with Crippen LogP contribution in [-0.2, 0) is 17.6 Å². The van der Waals surface area contributed by atoms with E-state index in [1.54, 1.807) is 6.08 Å². The molecular weight excluding hydrogens is 310 g/mol. The smallest absolute Gasteiger partial charge is 0.185 e. The molecule has 1 fully saturated rings. The van der Waals surface area contributed by atoms with E-state index in [1.807, 2.05) is 12.1 Å². The van der Waals surface area contributed by atoms with Crippen LogP contribution in [0.5, 0.6) is 0 Å². The highest BCUT2D eigenvalue weighted by Gasteiger charge is 2.13. The molecule has 0 saturated carbocycles. The molecule has 2 aliphatic rings. The number of anilines is 1. The largest absolute Gasteiger partial charge is 0.378 e. The number of rotatable bonds is 4. The summed E-state index contributed by atoms with van der Waals surface area (Å²) in [5, 5.41) is 0. The van der Waals surface area contributed by atoms with Gasteiger partial charge in [0.2, 0.25) is 0 Å². The molecule has 0 bridgehead atoms. The molecule has 0 spiro atoms. The van der Waals surface area contributed by atoms with E-state index in [2.05, 4.69) is 41.3 Å². The summed E-state index contributed by atoms with van der Waals surface area (Å²) in [6.07, 6.45) is 7.04. The van der Waals surface area contributed by atoms with Crippen molar-refractivity contribution in [2.75, 3.05) is 31.2 Å². The normalized spacial score (nSPS) is 17.0. The number of ketones is 1. The second-order valence-corrected chi connectivity index (χ2v) is 6.73. The zero-order valence-electron chi connectivity index (χ0n) is 14.4. The van der Waals surface area contributed by atoms with Gasteiger partial charge in [-0.1, -0.05) is 30.3 Å². The van der Waals surface area contributed by atoms with Crippen molar-refractivity contribution >= 4 is 17.5 Å². The second-order valence-electron chi connectivity index (χ2n) is 6.73. The van der Waals surface area contributed by atoms with E-state index in [0.717, 1.165) is 50.3 Å². The number of morpholine rings is 1. The molecule has 0 amide bonds. The van der Waals surface area contributed by atoms with Crippen LogP contribution in [0.25, 0.3) is 6.08 Å². The van der Waals surface area contributed by atoms with Gasteiger partial charge in [-0.3, -0.25) is 4.79 Å². The van der Waals surface area contributed by atoms with Crippen molar-refractivity contribution in [3.8, 4) is 0 Å². The van der Waals surface area contributed by atoms with Crippen LogP contribution >= 0.6 is 0 Å². The highest BCUT2D eigenvalue weighted by Crippen LogP contribution is 2.23. The fraction of sp³-hybridized carbons (Fsp3) is 0.318. The molecule has 0 aromatic heterocycles. The minimum Gasteiger partial charge on any atom is -0.378 e. The summed E-state index contributed by atoms with van der Waals surface area (Å²) in [4.78, 5) is 14.7. The molecule has 0 unspecified atom stereocenters. The maximum absolute atomic E-state index is 12.4. The van der Waals surface area contributed by atoms with Crippen molar-refractivity contribution in [1.29, 1.82) is 0 Å². The summed E-state index contributed by atoms with van der Waals surface area (Å²) in [6.45, 7) is 3.45. The molecule has 0 atom stereocenters. The number of allylic oxidation sites excluding steroid dienone is 1. The molecule has 1 heterocycles. The third-order valence-electron chi connectivity index (χ3n) is 5.08.